The highest BCUT2D eigenvalue weighted by molar-refractivity contribution is 5.97. The zero-order chi connectivity index (χ0) is 47.5. The van der Waals surface area contributed by atoms with Crippen LogP contribution in [0.1, 0.15) is 62.6 Å². The minimum absolute atomic E-state index is 0.0247. The Morgan fingerprint density at radius 1 is 0.677 bits per heavy atom. The smallest absolute Gasteiger partial charge is 0.246 e. The SMILES string of the molecule is CC(C)C[C@H](NC(=O)[C@H](Cc1ccccc1)NC(=O)[C@@H]1CCCN1C(=O)[C@H](Cc1ccc(O)cc1)NC(=O)CN)C(=O)N[C@@H](CCCN=C(N)N)C(=O)N[C@@H](Cc1ccccc1)C(N)=O. The van der Waals surface area contributed by atoms with Gasteiger partial charge in [0, 0.05) is 32.4 Å². The van der Waals surface area contributed by atoms with Gasteiger partial charge < -0.3 is 59.5 Å². The molecule has 3 aromatic rings. The van der Waals surface area contributed by atoms with Crippen LogP contribution in [0.4, 0.5) is 0 Å². The van der Waals surface area contributed by atoms with Gasteiger partial charge in [-0.1, -0.05) is 86.6 Å². The van der Waals surface area contributed by atoms with Crippen molar-refractivity contribution in [2.75, 3.05) is 19.6 Å². The zero-order valence-corrected chi connectivity index (χ0v) is 36.9. The third kappa shape index (κ3) is 16.6. The number of carbonyl (C=O) groups is 7. The summed E-state index contributed by atoms with van der Waals surface area (Å²) in [6.07, 6.45) is 1.41. The van der Waals surface area contributed by atoms with Crippen molar-refractivity contribution >= 4 is 47.3 Å². The van der Waals surface area contributed by atoms with E-state index in [-0.39, 0.29) is 82.2 Å². The Kier molecular flexibility index (Phi) is 19.7. The molecule has 19 heteroatoms. The van der Waals surface area contributed by atoms with Crippen molar-refractivity contribution < 1.29 is 38.7 Å². The number of hydrogen-bond acceptors (Lipinski definition) is 10. The summed E-state index contributed by atoms with van der Waals surface area (Å²) in [4.78, 5) is 101. The molecular weight excluding hydrogens is 835 g/mol. The predicted octanol–water partition coefficient (Wildman–Crippen LogP) is -0.621. The Balaban J connectivity index is 1.56. The van der Waals surface area contributed by atoms with E-state index in [9.17, 15) is 38.7 Å². The fourth-order valence-electron chi connectivity index (χ4n) is 7.52. The fraction of sp³-hybridized carbons (Fsp3) is 0.435. The number of aliphatic imine (C=N–C) groups is 1. The molecule has 0 spiro atoms. The van der Waals surface area contributed by atoms with Crippen LogP contribution in [0.5, 0.6) is 5.75 Å². The van der Waals surface area contributed by atoms with Crippen LogP contribution >= 0.6 is 0 Å². The number of phenolic OH excluding ortho intramolecular Hbond substituents is 1. The summed E-state index contributed by atoms with van der Waals surface area (Å²) in [5.74, 6) is -4.79. The molecular formula is C46H63N11O8. The fourth-order valence-corrected chi connectivity index (χ4v) is 7.52. The molecule has 14 N–H and O–H groups in total. The normalized spacial score (nSPS) is 15.6. The topological polar surface area (TPSA) is 320 Å². The molecule has 6 atom stereocenters. The Bertz CT molecular complexity index is 2100. The molecule has 1 aliphatic rings. The number of nitrogens with one attached hydrogen (secondary N) is 5. The standard InChI is InChI=1S/C46H63N11O8/c1-28(2)23-35(42(62)53-33(15-9-21-51-46(49)50)41(61)54-34(40(48)60)24-29-11-5-3-6-12-29)55-43(63)36(25-30-13-7-4-8-14-30)56-44(64)38-16-10-22-57(38)45(65)37(52-39(59)27-47)26-31-17-19-32(58)20-18-31/h3-8,11-14,17-20,28,33-38,58H,9-10,15-16,21-27,47H2,1-2H3,(H2,48,60)(H,52,59)(H,53,62)(H,54,61)(H,55,63)(H,56,64)(H4,49,50,51)/t33-,34-,35-,36-,37-,38-/m0/s1. The molecule has 0 radical (unpaired) electrons. The molecule has 0 aromatic heterocycles. The molecule has 0 aliphatic carbocycles. The maximum absolute atomic E-state index is 14.4. The van der Waals surface area contributed by atoms with Gasteiger partial charge in [-0.2, -0.15) is 0 Å². The molecule has 350 valence electrons. The lowest BCUT2D eigenvalue weighted by atomic mass is 9.99. The van der Waals surface area contributed by atoms with E-state index < -0.39 is 77.6 Å². The summed E-state index contributed by atoms with van der Waals surface area (Å²) in [6, 6.07) is 17.3. The summed E-state index contributed by atoms with van der Waals surface area (Å²) in [7, 11) is 0. The Morgan fingerprint density at radius 2 is 1.20 bits per heavy atom. The molecule has 0 bridgehead atoms. The lowest BCUT2D eigenvalue weighted by molar-refractivity contribution is -0.142. The van der Waals surface area contributed by atoms with Crippen molar-refractivity contribution in [3.05, 3.63) is 102 Å². The Hall–Kier alpha value is -7.02. The Morgan fingerprint density at radius 3 is 1.77 bits per heavy atom. The van der Waals surface area contributed by atoms with E-state index in [0.717, 1.165) is 5.56 Å². The number of phenols is 1. The number of hydrogen-bond donors (Lipinski definition) is 10. The summed E-state index contributed by atoms with van der Waals surface area (Å²) in [5, 5.41) is 23.5. The van der Waals surface area contributed by atoms with Gasteiger partial charge in [-0.3, -0.25) is 38.6 Å². The maximum atomic E-state index is 14.4. The van der Waals surface area contributed by atoms with Crippen LogP contribution in [0, 0.1) is 5.92 Å². The molecule has 1 aliphatic heterocycles. The lowest BCUT2D eigenvalue weighted by Gasteiger charge is -2.30. The first-order valence-corrected chi connectivity index (χ1v) is 21.8. The van der Waals surface area contributed by atoms with Crippen LogP contribution in [0.3, 0.4) is 0 Å². The van der Waals surface area contributed by atoms with Gasteiger partial charge in [0.25, 0.3) is 0 Å². The molecule has 1 heterocycles. The quantitative estimate of drug-likeness (QED) is 0.0307. The van der Waals surface area contributed by atoms with Gasteiger partial charge in [-0.25, -0.2) is 0 Å². The number of aromatic hydroxyl groups is 1. The number of guanidine groups is 1. The lowest BCUT2D eigenvalue weighted by Crippen LogP contribution is -2.60. The molecule has 19 nitrogen and oxygen atoms in total. The van der Waals surface area contributed by atoms with Crippen molar-refractivity contribution in [2.24, 2.45) is 33.8 Å². The third-order valence-electron chi connectivity index (χ3n) is 10.8. The van der Waals surface area contributed by atoms with Gasteiger partial charge in [0.05, 0.1) is 6.54 Å². The largest absolute Gasteiger partial charge is 0.508 e. The van der Waals surface area contributed by atoms with Gasteiger partial charge in [-0.05, 0) is 66.8 Å². The van der Waals surface area contributed by atoms with Crippen LogP contribution in [0.2, 0.25) is 0 Å². The van der Waals surface area contributed by atoms with E-state index in [2.05, 4.69) is 31.6 Å². The molecule has 3 aromatic carbocycles. The highest BCUT2D eigenvalue weighted by Gasteiger charge is 2.39. The van der Waals surface area contributed by atoms with Gasteiger partial charge in [0.1, 0.15) is 42.0 Å². The number of likely N-dealkylation sites (tertiary alicyclic amines) is 1. The average Bonchev–Trinajstić information content (AvgIpc) is 3.78. The van der Waals surface area contributed by atoms with Gasteiger partial charge >= 0.3 is 0 Å². The number of primary amides is 1. The van der Waals surface area contributed by atoms with E-state index in [4.69, 9.17) is 22.9 Å². The molecule has 4 rings (SSSR count). The maximum Gasteiger partial charge on any atom is 0.246 e. The average molecular weight is 898 g/mol. The first-order valence-electron chi connectivity index (χ1n) is 21.8. The minimum atomic E-state index is -1.22. The number of carbonyl (C=O) groups excluding carboxylic acids is 7. The third-order valence-corrected chi connectivity index (χ3v) is 10.8. The number of amides is 7. The monoisotopic (exact) mass is 897 g/mol. The van der Waals surface area contributed by atoms with E-state index in [1.807, 2.05) is 19.9 Å². The number of benzene rings is 3. The molecule has 1 saturated heterocycles. The van der Waals surface area contributed by atoms with E-state index in [1.165, 1.54) is 17.0 Å². The van der Waals surface area contributed by atoms with Crippen LogP contribution < -0.4 is 49.5 Å². The molecule has 1 fully saturated rings. The van der Waals surface area contributed by atoms with Crippen molar-refractivity contribution in [2.45, 2.75) is 101 Å². The molecule has 0 saturated carbocycles. The highest BCUT2D eigenvalue weighted by atomic mass is 16.3. The van der Waals surface area contributed by atoms with Crippen molar-refractivity contribution in [1.29, 1.82) is 0 Å². The molecule has 0 unspecified atom stereocenters. The van der Waals surface area contributed by atoms with Crippen molar-refractivity contribution in [3.63, 3.8) is 0 Å². The van der Waals surface area contributed by atoms with E-state index in [1.54, 1.807) is 66.7 Å². The van der Waals surface area contributed by atoms with Crippen molar-refractivity contribution in [1.82, 2.24) is 31.5 Å². The van der Waals surface area contributed by atoms with Crippen LogP contribution in [-0.2, 0) is 52.8 Å². The van der Waals surface area contributed by atoms with Gasteiger partial charge in [-0.15, -0.1) is 0 Å². The second kappa shape index (κ2) is 25.3. The summed E-state index contributed by atoms with van der Waals surface area (Å²) >= 11 is 0. The first kappa shape index (κ1) is 50.6. The van der Waals surface area contributed by atoms with Crippen LogP contribution in [-0.4, -0.2) is 113 Å². The number of nitrogens with zero attached hydrogens (tertiary/aromatic N) is 2. The summed E-state index contributed by atoms with van der Waals surface area (Å²) in [5.41, 5.74) is 24.3. The van der Waals surface area contributed by atoms with E-state index in [0.29, 0.717) is 17.5 Å². The first-order chi connectivity index (χ1) is 31.0. The highest BCUT2D eigenvalue weighted by Crippen LogP contribution is 2.21. The summed E-state index contributed by atoms with van der Waals surface area (Å²) < 4.78 is 0. The predicted molar refractivity (Wildman–Crippen MR) is 244 cm³/mol. The van der Waals surface area contributed by atoms with Gasteiger partial charge in [0.15, 0.2) is 5.96 Å². The Labute approximate surface area is 378 Å². The second-order valence-electron chi connectivity index (χ2n) is 16.5. The molecule has 65 heavy (non-hydrogen) atoms. The van der Waals surface area contributed by atoms with E-state index >= 15 is 0 Å². The number of rotatable bonds is 24. The second-order valence-corrected chi connectivity index (χ2v) is 16.5. The van der Waals surface area contributed by atoms with Crippen LogP contribution in [0.25, 0.3) is 0 Å². The van der Waals surface area contributed by atoms with Crippen molar-refractivity contribution in [3.8, 4) is 5.75 Å². The van der Waals surface area contributed by atoms with Gasteiger partial charge in [0.2, 0.25) is 41.4 Å². The zero-order valence-electron chi connectivity index (χ0n) is 36.9. The van der Waals surface area contributed by atoms with Crippen LogP contribution in [0.15, 0.2) is 89.9 Å². The minimum Gasteiger partial charge on any atom is -0.508 e. The number of nitrogens with two attached hydrogens (primary N) is 4. The summed E-state index contributed by atoms with van der Waals surface area (Å²) in [6.45, 7) is 3.69. The molecule has 7 amide bonds.